The standard InChI is InChI=1S/C15H23NO3/c1-3-18-14-8-13(9-14)16-12-5-6-15(19-4-2)11(7-12)10-17/h5-7,13-14,16-17H,3-4,8-10H2,1-2H3. The number of hydrogen-bond acceptors (Lipinski definition) is 4. The van der Waals surface area contributed by atoms with Gasteiger partial charge in [0.1, 0.15) is 5.75 Å². The Kier molecular flexibility index (Phi) is 5.05. The molecule has 4 heteroatoms. The van der Waals surface area contributed by atoms with E-state index in [1.165, 1.54) is 0 Å². The lowest BCUT2D eigenvalue weighted by Gasteiger charge is -2.36. The van der Waals surface area contributed by atoms with Crippen LogP contribution in [0, 0.1) is 0 Å². The van der Waals surface area contributed by atoms with E-state index < -0.39 is 0 Å². The van der Waals surface area contributed by atoms with Crippen LogP contribution < -0.4 is 10.1 Å². The molecule has 0 unspecified atom stereocenters. The second-order valence-electron chi connectivity index (χ2n) is 4.80. The molecule has 19 heavy (non-hydrogen) atoms. The highest BCUT2D eigenvalue weighted by atomic mass is 16.5. The Morgan fingerprint density at radius 1 is 1.26 bits per heavy atom. The Labute approximate surface area is 114 Å². The Bertz CT molecular complexity index is 402. The van der Waals surface area contributed by atoms with Gasteiger partial charge in [0.25, 0.3) is 0 Å². The summed E-state index contributed by atoms with van der Waals surface area (Å²) in [7, 11) is 0. The molecule has 0 amide bonds. The quantitative estimate of drug-likeness (QED) is 0.795. The summed E-state index contributed by atoms with van der Waals surface area (Å²) in [6.45, 7) is 5.36. The highest BCUT2D eigenvalue weighted by Crippen LogP contribution is 2.29. The minimum absolute atomic E-state index is 0.00289. The number of nitrogens with one attached hydrogen (secondary N) is 1. The van der Waals surface area contributed by atoms with E-state index in [0.717, 1.165) is 36.4 Å². The molecular weight excluding hydrogens is 242 g/mol. The summed E-state index contributed by atoms with van der Waals surface area (Å²) in [6.07, 6.45) is 2.51. The predicted octanol–water partition coefficient (Wildman–Crippen LogP) is 2.56. The van der Waals surface area contributed by atoms with Crippen LogP contribution in [-0.4, -0.2) is 30.5 Å². The number of aliphatic hydroxyl groups is 1. The molecule has 0 atom stereocenters. The average Bonchev–Trinajstić information content (AvgIpc) is 2.38. The first-order chi connectivity index (χ1) is 9.26. The van der Waals surface area contributed by atoms with Gasteiger partial charge in [0.05, 0.1) is 19.3 Å². The van der Waals surface area contributed by atoms with Gasteiger partial charge in [0.15, 0.2) is 0 Å². The molecule has 0 saturated heterocycles. The molecule has 1 aromatic carbocycles. The molecule has 0 aliphatic heterocycles. The van der Waals surface area contributed by atoms with Gasteiger partial charge >= 0.3 is 0 Å². The number of benzene rings is 1. The van der Waals surface area contributed by atoms with Gasteiger partial charge in [0.2, 0.25) is 0 Å². The Balaban J connectivity index is 1.91. The topological polar surface area (TPSA) is 50.7 Å². The fourth-order valence-electron chi connectivity index (χ4n) is 2.38. The maximum Gasteiger partial charge on any atom is 0.124 e. The van der Waals surface area contributed by atoms with Crippen LogP contribution in [0.25, 0.3) is 0 Å². The summed E-state index contributed by atoms with van der Waals surface area (Å²) >= 11 is 0. The molecule has 1 saturated carbocycles. The zero-order valence-electron chi connectivity index (χ0n) is 11.7. The summed E-state index contributed by atoms with van der Waals surface area (Å²) in [5.41, 5.74) is 1.86. The van der Waals surface area contributed by atoms with E-state index in [1.807, 2.05) is 32.0 Å². The molecule has 0 spiro atoms. The van der Waals surface area contributed by atoms with Gasteiger partial charge in [0, 0.05) is 23.9 Å². The van der Waals surface area contributed by atoms with E-state index in [-0.39, 0.29) is 6.61 Å². The van der Waals surface area contributed by atoms with Crippen LogP contribution in [0.3, 0.4) is 0 Å². The van der Waals surface area contributed by atoms with Crippen molar-refractivity contribution < 1.29 is 14.6 Å². The normalized spacial score (nSPS) is 21.8. The number of ether oxygens (including phenoxy) is 2. The molecule has 0 bridgehead atoms. The van der Waals surface area contributed by atoms with Crippen LogP contribution in [0.4, 0.5) is 5.69 Å². The highest BCUT2D eigenvalue weighted by molar-refractivity contribution is 5.52. The van der Waals surface area contributed by atoms with E-state index >= 15 is 0 Å². The Morgan fingerprint density at radius 2 is 2.05 bits per heavy atom. The molecule has 1 fully saturated rings. The second-order valence-corrected chi connectivity index (χ2v) is 4.80. The smallest absolute Gasteiger partial charge is 0.124 e. The van der Waals surface area contributed by atoms with Crippen LogP contribution in [0.2, 0.25) is 0 Å². The summed E-state index contributed by atoms with van der Waals surface area (Å²) in [4.78, 5) is 0. The molecule has 1 aliphatic carbocycles. The summed E-state index contributed by atoms with van der Waals surface area (Å²) < 4.78 is 11.0. The number of rotatable bonds is 7. The summed E-state index contributed by atoms with van der Waals surface area (Å²) in [5.74, 6) is 0.761. The van der Waals surface area contributed by atoms with Crippen LogP contribution in [-0.2, 0) is 11.3 Å². The van der Waals surface area contributed by atoms with Crippen LogP contribution in [0.1, 0.15) is 32.3 Å². The van der Waals surface area contributed by atoms with Crippen LogP contribution >= 0.6 is 0 Å². The fourth-order valence-corrected chi connectivity index (χ4v) is 2.38. The minimum atomic E-state index is -0.00289. The SMILES string of the molecule is CCOc1ccc(NC2CC(OCC)C2)cc1CO. The van der Waals surface area contributed by atoms with Crippen molar-refractivity contribution in [2.75, 3.05) is 18.5 Å². The third-order valence-corrected chi connectivity index (χ3v) is 3.40. The molecule has 2 rings (SSSR count). The van der Waals surface area contributed by atoms with Gasteiger partial charge in [-0.2, -0.15) is 0 Å². The number of hydrogen-bond donors (Lipinski definition) is 2. The molecule has 4 nitrogen and oxygen atoms in total. The lowest BCUT2D eigenvalue weighted by molar-refractivity contribution is 0.00299. The molecule has 0 radical (unpaired) electrons. The van der Waals surface area contributed by atoms with Crippen molar-refractivity contribution in [2.45, 2.75) is 45.4 Å². The Morgan fingerprint density at radius 3 is 2.68 bits per heavy atom. The monoisotopic (exact) mass is 265 g/mol. The number of aliphatic hydroxyl groups excluding tert-OH is 1. The van der Waals surface area contributed by atoms with Crippen molar-refractivity contribution >= 4 is 5.69 Å². The van der Waals surface area contributed by atoms with Crippen molar-refractivity contribution in [3.63, 3.8) is 0 Å². The van der Waals surface area contributed by atoms with Gasteiger partial charge in [-0.3, -0.25) is 0 Å². The average molecular weight is 265 g/mol. The molecular formula is C15H23NO3. The van der Waals surface area contributed by atoms with Gasteiger partial charge in [-0.25, -0.2) is 0 Å². The minimum Gasteiger partial charge on any atom is -0.494 e. The van der Waals surface area contributed by atoms with E-state index in [0.29, 0.717) is 18.8 Å². The van der Waals surface area contributed by atoms with Gasteiger partial charge in [-0.05, 0) is 44.9 Å². The third kappa shape index (κ3) is 3.61. The van der Waals surface area contributed by atoms with Crippen molar-refractivity contribution in [2.24, 2.45) is 0 Å². The summed E-state index contributed by atoms with van der Waals surface area (Å²) in [5, 5.41) is 12.8. The van der Waals surface area contributed by atoms with Gasteiger partial charge in [-0.1, -0.05) is 0 Å². The van der Waals surface area contributed by atoms with Crippen LogP contribution in [0.5, 0.6) is 5.75 Å². The van der Waals surface area contributed by atoms with Crippen molar-refractivity contribution in [1.29, 1.82) is 0 Å². The van der Waals surface area contributed by atoms with E-state index in [1.54, 1.807) is 0 Å². The molecule has 0 aromatic heterocycles. The van der Waals surface area contributed by atoms with E-state index in [4.69, 9.17) is 9.47 Å². The molecule has 1 aliphatic rings. The zero-order valence-corrected chi connectivity index (χ0v) is 11.7. The molecule has 2 N–H and O–H groups in total. The second kappa shape index (κ2) is 6.78. The van der Waals surface area contributed by atoms with E-state index in [2.05, 4.69) is 5.32 Å². The third-order valence-electron chi connectivity index (χ3n) is 3.40. The van der Waals surface area contributed by atoms with E-state index in [9.17, 15) is 5.11 Å². The lowest BCUT2D eigenvalue weighted by Crippen LogP contribution is -2.40. The van der Waals surface area contributed by atoms with Crippen LogP contribution in [0.15, 0.2) is 18.2 Å². The maximum atomic E-state index is 9.36. The Hall–Kier alpha value is -1.26. The van der Waals surface area contributed by atoms with Gasteiger partial charge < -0.3 is 19.9 Å². The zero-order chi connectivity index (χ0) is 13.7. The first kappa shape index (κ1) is 14.2. The predicted molar refractivity (Wildman–Crippen MR) is 75.6 cm³/mol. The molecule has 106 valence electrons. The first-order valence-corrected chi connectivity index (χ1v) is 7.01. The molecule has 1 aromatic rings. The first-order valence-electron chi connectivity index (χ1n) is 7.01. The van der Waals surface area contributed by atoms with Gasteiger partial charge in [-0.15, -0.1) is 0 Å². The number of anilines is 1. The van der Waals surface area contributed by atoms with Crippen molar-refractivity contribution in [1.82, 2.24) is 0 Å². The fraction of sp³-hybridized carbons (Fsp3) is 0.600. The van der Waals surface area contributed by atoms with Crippen molar-refractivity contribution in [3.05, 3.63) is 23.8 Å². The highest BCUT2D eigenvalue weighted by Gasteiger charge is 2.29. The molecule has 0 heterocycles. The maximum absolute atomic E-state index is 9.36. The lowest BCUT2D eigenvalue weighted by atomic mass is 9.89. The summed E-state index contributed by atoms with van der Waals surface area (Å²) in [6, 6.07) is 6.34. The largest absolute Gasteiger partial charge is 0.494 e. The van der Waals surface area contributed by atoms with Crippen molar-refractivity contribution in [3.8, 4) is 5.75 Å².